The second-order valence-electron chi connectivity index (χ2n) is 5.78. The lowest BCUT2D eigenvalue weighted by Gasteiger charge is -2.18. The van der Waals surface area contributed by atoms with Gasteiger partial charge in [-0.15, -0.1) is 11.3 Å². The summed E-state index contributed by atoms with van der Waals surface area (Å²) in [4.78, 5) is 20.7. The van der Waals surface area contributed by atoms with Gasteiger partial charge < -0.3 is 20.5 Å². The number of primary amides is 1. The van der Waals surface area contributed by atoms with Crippen molar-refractivity contribution in [1.29, 1.82) is 0 Å². The lowest BCUT2D eigenvalue weighted by molar-refractivity contribution is 0.0995. The van der Waals surface area contributed by atoms with Crippen LogP contribution >= 0.6 is 11.3 Å². The van der Waals surface area contributed by atoms with Gasteiger partial charge in [0.05, 0.1) is 29.9 Å². The van der Waals surface area contributed by atoms with Crippen LogP contribution in [-0.4, -0.2) is 35.2 Å². The van der Waals surface area contributed by atoms with Gasteiger partial charge in [-0.1, -0.05) is 0 Å². The average molecular weight is 374 g/mol. The van der Waals surface area contributed by atoms with E-state index in [0.717, 1.165) is 10.2 Å². The van der Waals surface area contributed by atoms with Crippen LogP contribution in [-0.2, 0) is 4.74 Å². The molecule has 9 heteroatoms. The summed E-state index contributed by atoms with van der Waals surface area (Å²) >= 11 is 1.48. The molecule has 1 saturated heterocycles. The molecule has 1 fully saturated rings. The predicted molar refractivity (Wildman–Crippen MR) is 95.5 cm³/mol. The highest BCUT2D eigenvalue weighted by Crippen LogP contribution is 2.34. The van der Waals surface area contributed by atoms with Crippen molar-refractivity contribution >= 4 is 39.0 Å². The minimum absolute atomic E-state index is 0.173. The van der Waals surface area contributed by atoms with Gasteiger partial charge in [0, 0.05) is 12.5 Å². The number of amides is 1. The van der Waals surface area contributed by atoms with E-state index in [4.69, 9.17) is 15.2 Å². The van der Waals surface area contributed by atoms with Crippen molar-refractivity contribution in [1.82, 2.24) is 9.97 Å². The van der Waals surface area contributed by atoms with E-state index in [-0.39, 0.29) is 11.7 Å². The molecule has 0 saturated carbocycles. The zero-order chi connectivity index (χ0) is 18.1. The molecule has 134 valence electrons. The quantitative estimate of drug-likeness (QED) is 0.712. The molecule has 4 rings (SSSR count). The van der Waals surface area contributed by atoms with Gasteiger partial charge in [-0.3, -0.25) is 4.79 Å². The Bertz CT molecular complexity index is 972. The highest BCUT2D eigenvalue weighted by molar-refractivity contribution is 7.16. The van der Waals surface area contributed by atoms with Gasteiger partial charge in [0.1, 0.15) is 34.6 Å². The van der Waals surface area contributed by atoms with Crippen LogP contribution in [0.3, 0.4) is 0 Å². The summed E-state index contributed by atoms with van der Waals surface area (Å²) in [5, 5.41) is 5.79. The summed E-state index contributed by atoms with van der Waals surface area (Å²) in [6.07, 6.45) is 1.97. The number of hydrogen-bond donors (Lipinski definition) is 2. The number of hydrogen-bond acceptors (Lipinski definition) is 7. The third-order valence-corrected chi connectivity index (χ3v) is 4.85. The Morgan fingerprint density at radius 3 is 3.08 bits per heavy atom. The van der Waals surface area contributed by atoms with Gasteiger partial charge in [-0.05, 0) is 17.5 Å². The van der Waals surface area contributed by atoms with Crippen molar-refractivity contribution in [3.8, 4) is 5.75 Å². The molecule has 2 aromatic heterocycles. The first kappa shape index (κ1) is 16.7. The SMILES string of the molecule is NC(=O)c1cc(OC2CCOC2)c(Nc2ncnc3sccc23)cc1F. The number of rotatable bonds is 5. The van der Waals surface area contributed by atoms with Crippen LogP contribution in [0, 0.1) is 5.82 Å². The number of aromatic nitrogens is 2. The van der Waals surface area contributed by atoms with E-state index in [0.29, 0.717) is 36.9 Å². The number of thiophene rings is 1. The molecule has 0 radical (unpaired) electrons. The number of anilines is 2. The maximum absolute atomic E-state index is 14.3. The van der Waals surface area contributed by atoms with E-state index in [1.165, 1.54) is 29.8 Å². The van der Waals surface area contributed by atoms with E-state index < -0.39 is 11.7 Å². The molecule has 3 N–H and O–H groups in total. The zero-order valence-electron chi connectivity index (χ0n) is 13.6. The van der Waals surface area contributed by atoms with E-state index in [1.807, 2.05) is 11.4 Å². The van der Waals surface area contributed by atoms with Crippen molar-refractivity contribution in [2.75, 3.05) is 18.5 Å². The van der Waals surface area contributed by atoms with Crippen LogP contribution in [0.15, 0.2) is 29.9 Å². The number of benzene rings is 1. The standard InChI is InChI=1S/C17H15FN4O3S/c18-12-6-13(22-16-10-2-4-26-17(10)21-8-20-16)14(5-11(12)15(19)23)25-9-1-3-24-7-9/h2,4-6,8-9H,1,3,7H2,(H2,19,23)(H,20,21,22). The number of halogens is 1. The molecule has 1 amide bonds. The molecule has 3 heterocycles. The van der Waals surface area contributed by atoms with Gasteiger partial charge in [-0.2, -0.15) is 0 Å². The zero-order valence-corrected chi connectivity index (χ0v) is 14.4. The van der Waals surface area contributed by atoms with Crippen molar-refractivity contribution in [2.24, 2.45) is 5.73 Å². The molecule has 7 nitrogen and oxygen atoms in total. The third-order valence-electron chi connectivity index (χ3n) is 4.03. The minimum atomic E-state index is -0.858. The van der Waals surface area contributed by atoms with Crippen LogP contribution in [0.5, 0.6) is 5.75 Å². The molecule has 1 atom stereocenters. The van der Waals surface area contributed by atoms with Crippen LogP contribution in [0.2, 0.25) is 0 Å². The molecule has 1 unspecified atom stereocenters. The number of nitrogens with zero attached hydrogens (tertiary/aromatic N) is 2. The van der Waals surface area contributed by atoms with Crippen LogP contribution in [0.4, 0.5) is 15.9 Å². The smallest absolute Gasteiger partial charge is 0.251 e. The largest absolute Gasteiger partial charge is 0.486 e. The van der Waals surface area contributed by atoms with E-state index in [1.54, 1.807) is 0 Å². The lowest BCUT2D eigenvalue weighted by atomic mass is 10.1. The van der Waals surface area contributed by atoms with Crippen molar-refractivity contribution in [3.63, 3.8) is 0 Å². The van der Waals surface area contributed by atoms with Crippen molar-refractivity contribution < 1.29 is 18.7 Å². The first-order valence-electron chi connectivity index (χ1n) is 7.95. The normalized spacial score (nSPS) is 16.7. The molecule has 26 heavy (non-hydrogen) atoms. The molecular weight excluding hydrogens is 359 g/mol. The van der Waals surface area contributed by atoms with Crippen molar-refractivity contribution in [3.05, 3.63) is 41.3 Å². The molecule has 0 aliphatic carbocycles. The number of fused-ring (bicyclic) bond motifs is 1. The second-order valence-corrected chi connectivity index (χ2v) is 6.68. The summed E-state index contributed by atoms with van der Waals surface area (Å²) in [5.41, 5.74) is 5.38. The second kappa shape index (κ2) is 6.85. The highest BCUT2D eigenvalue weighted by atomic mass is 32.1. The number of carbonyl (C=O) groups excluding carboxylic acids is 1. The maximum Gasteiger partial charge on any atom is 0.251 e. The van der Waals surface area contributed by atoms with Crippen LogP contribution in [0.1, 0.15) is 16.8 Å². The first-order chi connectivity index (χ1) is 12.6. The monoisotopic (exact) mass is 374 g/mol. The number of nitrogens with two attached hydrogens (primary N) is 1. The molecule has 1 aliphatic heterocycles. The third kappa shape index (κ3) is 3.18. The molecular formula is C17H15FN4O3S. The van der Waals surface area contributed by atoms with E-state index >= 15 is 0 Å². The van der Waals surface area contributed by atoms with E-state index in [2.05, 4.69) is 15.3 Å². The highest BCUT2D eigenvalue weighted by Gasteiger charge is 2.22. The van der Waals surface area contributed by atoms with Gasteiger partial charge in [-0.25, -0.2) is 14.4 Å². The maximum atomic E-state index is 14.3. The van der Waals surface area contributed by atoms with Crippen LogP contribution < -0.4 is 15.8 Å². The summed E-state index contributed by atoms with van der Waals surface area (Å²) in [6, 6.07) is 4.37. The fourth-order valence-corrected chi connectivity index (χ4v) is 3.47. The Morgan fingerprint density at radius 2 is 2.31 bits per heavy atom. The van der Waals surface area contributed by atoms with Gasteiger partial charge in [0.25, 0.3) is 5.91 Å². The number of carbonyl (C=O) groups is 1. The Balaban J connectivity index is 1.74. The molecule has 1 aromatic carbocycles. The molecule has 1 aliphatic rings. The van der Waals surface area contributed by atoms with Gasteiger partial charge in [0.2, 0.25) is 0 Å². The van der Waals surface area contributed by atoms with Gasteiger partial charge in [0.15, 0.2) is 0 Å². The summed E-state index contributed by atoms with van der Waals surface area (Å²) in [6.45, 7) is 1.03. The first-order valence-corrected chi connectivity index (χ1v) is 8.83. The molecule has 0 spiro atoms. The average Bonchev–Trinajstić information content (AvgIpc) is 3.28. The van der Waals surface area contributed by atoms with Crippen LogP contribution in [0.25, 0.3) is 10.2 Å². The summed E-state index contributed by atoms with van der Waals surface area (Å²) < 4.78 is 25.5. The summed E-state index contributed by atoms with van der Waals surface area (Å²) in [5.74, 6) is -0.748. The lowest BCUT2D eigenvalue weighted by Crippen LogP contribution is -2.18. The Labute approximate surface area is 152 Å². The predicted octanol–water partition coefficient (Wildman–Crippen LogP) is 2.84. The minimum Gasteiger partial charge on any atom is -0.486 e. The molecule has 0 bridgehead atoms. The summed E-state index contributed by atoms with van der Waals surface area (Å²) in [7, 11) is 0. The Hall–Kier alpha value is -2.78. The number of ether oxygens (including phenoxy) is 2. The fraction of sp³-hybridized carbons (Fsp3) is 0.235. The van der Waals surface area contributed by atoms with E-state index in [9.17, 15) is 9.18 Å². The number of nitrogens with one attached hydrogen (secondary N) is 1. The Morgan fingerprint density at radius 1 is 1.42 bits per heavy atom. The van der Waals surface area contributed by atoms with Crippen molar-refractivity contribution in [2.45, 2.75) is 12.5 Å². The topological polar surface area (TPSA) is 99.4 Å². The van der Waals surface area contributed by atoms with Gasteiger partial charge >= 0.3 is 0 Å². The molecule has 3 aromatic rings. The fourth-order valence-electron chi connectivity index (χ4n) is 2.74. The Kier molecular flexibility index (Phi) is 4.39.